The van der Waals surface area contributed by atoms with Crippen molar-refractivity contribution >= 4 is 29.1 Å². The number of nitrogens with one attached hydrogen (secondary N) is 2. The highest BCUT2D eigenvalue weighted by atomic mass is 35.5. The van der Waals surface area contributed by atoms with Crippen LogP contribution in [0, 0.1) is 0 Å². The number of aromatic hydroxyl groups is 1. The molecule has 28 heavy (non-hydrogen) atoms. The molecule has 0 atom stereocenters. The van der Waals surface area contributed by atoms with Crippen LogP contribution in [0.1, 0.15) is 21.5 Å². The van der Waals surface area contributed by atoms with Gasteiger partial charge in [0.2, 0.25) is 5.91 Å². The number of carbonyl (C=O) groups excluding carboxylic acids is 2. The topological polar surface area (TPSA) is 91.3 Å². The predicted octanol–water partition coefficient (Wildman–Crippen LogP) is 3.55. The molecule has 0 aliphatic carbocycles. The Morgan fingerprint density at radius 3 is 2.54 bits per heavy atom. The molecule has 3 aromatic rings. The maximum absolute atomic E-state index is 12.1. The summed E-state index contributed by atoms with van der Waals surface area (Å²) in [5.74, 6) is -0.355. The van der Waals surface area contributed by atoms with Crippen molar-refractivity contribution in [1.29, 1.82) is 0 Å². The second kappa shape index (κ2) is 9.01. The number of nitrogens with zero attached hydrogens (tertiary/aromatic N) is 1. The number of aromatic nitrogens is 1. The summed E-state index contributed by atoms with van der Waals surface area (Å²) in [6.07, 6.45) is 3.23. The molecule has 1 aromatic heterocycles. The molecule has 0 spiro atoms. The van der Waals surface area contributed by atoms with Crippen LogP contribution in [0.5, 0.6) is 5.75 Å². The molecule has 6 nitrogen and oxygen atoms in total. The van der Waals surface area contributed by atoms with Gasteiger partial charge in [0, 0.05) is 29.6 Å². The maximum Gasteiger partial charge on any atom is 0.257 e. The number of phenolic OH excluding ortho intramolecular Hbond substituents is 1. The molecule has 0 unspecified atom stereocenters. The molecule has 0 saturated carbocycles. The normalized spacial score (nSPS) is 10.3. The van der Waals surface area contributed by atoms with Gasteiger partial charge in [0.25, 0.3) is 5.91 Å². The predicted molar refractivity (Wildman–Crippen MR) is 107 cm³/mol. The minimum Gasteiger partial charge on any atom is -0.508 e. The Labute approximate surface area is 167 Å². The average Bonchev–Trinajstić information content (AvgIpc) is 2.70. The lowest BCUT2D eigenvalue weighted by Gasteiger charge is -2.09. The number of benzene rings is 2. The number of carbonyl (C=O) groups is 2. The third kappa shape index (κ3) is 5.31. The highest BCUT2D eigenvalue weighted by molar-refractivity contribution is 6.31. The quantitative estimate of drug-likeness (QED) is 0.595. The van der Waals surface area contributed by atoms with E-state index in [1.165, 1.54) is 18.3 Å². The molecule has 0 radical (unpaired) electrons. The van der Waals surface area contributed by atoms with E-state index in [2.05, 4.69) is 15.6 Å². The Morgan fingerprint density at radius 1 is 1.07 bits per heavy atom. The molecular weight excluding hydrogens is 378 g/mol. The van der Waals surface area contributed by atoms with Crippen molar-refractivity contribution in [2.24, 2.45) is 0 Å². The SMILES string of the molecule is O=C(Cc1ccc(O)cc1Cl)NCc1ccc(NC(=O)c2cccnc2)cc1. The summed E-state index contributed by atoms with van der Waals surface area (Å²) < 4.78 is 0. The number of hydrogen-bond acceptors (Lipinski definition) is 4. The van der Waals surface area contributed by atoms with Crippen molar-refractivity contribution in [3.63, 3.8) is 0 Å². The number of hydrogen-bond donors (Lipinski definition) is 3. The number of halogens is 1. The zero-order chi connectivity index (χ0) is 19.9. The van der Waals surface area contributed by atoms with E-state index in [1.807, 2.05) is 12.1 Å². The minimum atomic E-state index is -0.236. The Morgan fingerprint density at radius 2 is 1.86 bits per heavy atom. The fourth-order valence-electron chi connectivity index (χ4n) is 2.52. The van der Waals surface area contributed by atoms with Crippen LogP contribution in [-0.2, 0) is 17.8 Å². The summed E-state index contributed by atoms with van der Waals surface area (Å²) >= 11 is 6.02. The largest absolute Gasteiger partial charge is 0.508 e. The molecule has 0 bridgehead atoms. The van der Waals surface area contributed by atoms with Crippen molar-refractivity contribution in [1.82, 2.24) is 10.3 Å². The monoisotopic (exact) mass is 395 g/mol. The van der Waals surface area contributed by atoms with Crippen molar-refractivity contribution in [3.8, 4) is 5.75 Å². The first-order chi connectivity index (χ1) is 13.5. The standard InChI is InChI=1S/C21H18ClN3O3/c22-19-11-18(26)8-5-15(19)10-20(27)24-12-14-3-6-17(7-4-14)25-21(28)16-2-1-9-23-13-16/h1-9,11,13,26H,10,12H2,(H,24,27)(H,25,28). The van der Waals surface area contributed by atoms with E-state index in [-0.39, 0.29) is 24.0 Å². The fraction of sp³-hybridized carbons (Fsp3) is 0.0952. The van der Waals surface area contributed by atoms with Gasteiger partial charge < -0.3 is 15.7 Å². The molecule has 142 valence electrons. The zero-order valence-corrected chi connectivity index (χ0v) is 15.6. The summed E-state index contributed by atoms with van der Waals surface area (Å²) in [5.41, 5.74) is 2.67. The lowest BCUT2D eigenvalue weighted by molar-refractivity contribution is -0.120. The first-order valence-electron chi connectivity index (χ1n) is 8.55. The smallest absolute Gasteiger partial charge is 0.257 e. The molecule has 2 aromatic carbocycles. The molecular formula is C21H18ClN3O3. The first-order valence-corrected chi connectivity index (χ1v) is 8.93. The van der Waals surface area contributed by atoms with Gasteiger partial charge in [-0.15, -0.1) is 0 Å². The van der Waals surface area contributed by atoms with Crippen LogP contribution < -0.4 is 10.6 Å². The summed E-state index contributed by atoms with van der Waals surface area (Å²) in [7, 11) is 0. The third-order valence-corrected chi connectivity index (χ3v) is 4.36. The number of rotatable bonds is 6. The van der Waals surface area contributed by atoms with Gasteiger partial charge >= 0.3 is 0 Å². The van der Waals surface area contributed by atoms with Crippen LogP contribution in [0.25, 0.3) is 0 Å². The highest BCUT2D eigenvalue weighted by Gasteiger charge is 2.09. The zero-order valence-electron chi connectivity index (χ0n) is 14.9. The van der Waals surface area contributed by atoms with Crippen molar-refractivity contribution in [3.05, 3.63) is 88.7 Å². The van der Waals surface area contributed by atoms with E-state index < -0.39 is 0 Å². The Bertz CT molecular complexity index is 976. The summed E-state index contributed by atoms with van der Waals surface area (Å²) in [4.78, 5) is 28.1. The van der Waals surface area contributed by atoms with E-state index in [9.17, 15) is 14.7 Å². The highest BCUT2D eigenvalue weighted by Crippen LogP contribution is 2.21. The Kier molecular flexibility index (Phi) is 6.24. The summed E-state index contributed by atoms with van der Waals surface area (Å²) in [6, 6.07) is 15.1. The molecule has 1 heterocycles. The third-order valence-electron chi connectivity index (χ3n) is 4.01. The molecule has 2 amide bonds. The van der Waals surface area contributed by atoms with Crippen LogP contribution >= 0.6 is 11.6 Å². The van der Waals surface area contributed by atoms with Gasteiger partial charge in [-0.05, 0) is 47.5 Å². The van der Waals surface area contributed by atoms with E-state index in [0.717, 1.165) is 5.56 Å². The van der Waals surface area contributed by atoms with Crippen LogP contribution in [0.4, 0.5) is 5.69 Å². The van der Waals surface area contributed by atoms with E-state index in [4.69, 9.17) is 11.6 Å². The van der Waals surface area contributed by atoms with E-state index in [1.54, 1.807) is 36.5 Å². The first kappa shape index (κ1) is 19.4. The van der Waals surface area contributed by atoms with Gasteiger partial charge in [-0.2, -0.15) is 0 Å². The van der Waals surface area contributed by atoms with Crippen molar-refractivity contribution in [2.75, 3.05) is 5.32 Å². The number of pyridine rings is 1. The molecule has 3 rings (SSSR count). The van der Waals surface area contributed by atoms with Gasteiger partial charge in [-0.1, -0.05) is 29.8 Å². The summed E-state index contributed by atoms with van der Waals surface area (Å²) in [6.45, 7) is 0.353. The number of amides is 2. The summed E-state index contributed by atoms with van der Waals surface area (Å²) in [5, 5.41) is 15.3. The average molecular weight is 396 g/mol. The van der Waals surface area contributed by atoms with Crippen molar-refractivity contribution < 1.29 is 14.7 Å². The van der Waals surface area contributed by atoms with Gasteiger partial charge in [0.05, 0.1) is 12.0 Å². The van der Waals surface area contributed by atoms with Gasteiger partial charge in [-0.25, -0.2) is 0 Å². The maximum atomic E-state index is 12.1. The van der Waals surface area contributed by atoms with Crippen LogP contribution in [0.15, 0.2) is 67.0 Å². The number of phenols is 1. The van der Waals surface area contributed by atoms with E-state index in [0.29, 0.717) is 28.4 Å². The van der Waals surface area contributed by atoms with Crippen molar-refractivity contribution in [2.45, 2.75) is 13.0 Å². The second-order valence-corrected chi connectivity index (χ2v) is 6.53. The van der Waals surface area contributed by atoms with Crippen LogP contribution in [-0.4, -0.2) is 21.9 Å². The second-order valence-electron chi connectivity index (χ2n) is 6.12. The van der Waals surface area contributed by atoms with Gasteiger partial charge in [0.15, 0.2) is 0 Å². The van der Waals surface area contributed by atoms with Crippen LogP contribution in [0.2, 0.25) is 5.02 Å². The molecule has 0 fully saturated rings. The molecule has 7 heteroatoms. The minimum absolute atomic E-state index is 0.0601. The molecule has 0 saturated heterocycles. The van der Waals surface area contributed by atoms with Gasteiger partial charge in [-0.3, -0.25) is 14.6 Å². The Balaban J connectivity index is 1.51. The number of anilines is 1. The van der Waals surface area contributed by atoms with E-state index >= 15 is 0 Å². The Hall–Kier alpha value is -3.38. The molecule has 3 N–H and O–H groups in total. The lowest BCUT2D eigenvalue weighted by Crippen LogP contribution is -2.24. The van der Waals surface area contributed by atoms with Crippen LogP contribution in [0.3, 0.4) is 0 Å². The van der Waals surface area contributed by atoms with Gasteiger partial charge in [0.1, 0.15) is 5.75 Å². The molecule has 0 aliphatic rings. The fourth-order valence-corrected chi connectivity index (χ4v) is 2.76. The lowest BCUT2D eigenvalue weighted by atomic mass is 10.1. The molecule has 0 aliphatic heterocycles.